The van der Waals surface area contributed by atoms with E-state index in [4.69, 9.17) is 4.42 Å². The lowest BCUT2D eigenvalue weighted by molar-refractivity contribution is 0.0701. The molecule has 0 amide bonds. The topological polar surface area (TPSA) is 138 Å². The summed E-state index contributed by atoms with van der Waals surface area (Å²) < 4.78 is 5.36. The van der Waals surface area contributed by atoms with E-state index in [2.05, 4.69) is 30.2 Å². The van der Waals surface area contributed by atoms with Crippen LogP contribution < -0.4 is 10.2 Å². The smallest absolute Gasteiger partial charge is 0.347 e. The average Bonchev–Trinajstić information content (AvgIpc) is 3.32. The highest BCUT2D eigenvalue weighted by molar-refractivity contribution is 7.17. The van der Waals surface area contributed by atoms with Crippen LogP contribution in [0.2, 0.25) is 0 Å². The molecule has 0 aliphatic carbocycles. The van der Waals surface area contributed by atoms with E-state index in [0.29, 0.717) is 54.0 Å². The number of aliphatic hydroxyl groups excluding tert-OH is 1. The second-order valence-electron chi connectivity index (χ2n) is 6.38. The van der Waals surface area contributed by atoms with Gasteiger partial charge in [0.05, 0.1) is 18.0 Å². The SMILES string of the molecule is Cc1nc(Nc2nc(-c3cnco3)cc(N3CCC(O)CC3)n2)sc1C(=O)O. The summed E-state index contributed by atoms with van der Waals surface area (Å²) in [5.74, 6) is 0.431. The van der Waals surface area contributed by atoms with Gasteiger partial charge < -0.3 is 19.5 Å². The molecule has 11 heteroatoms. The van der Waals surface area contributed by atoms with Crippen LogP contribution in [0.25, 0.3) is 11.5 Å². The standard InChI is InChI=1S/C17H18N6O4S/c1-9-14(15(25)26)28-17(19-9)22-16-20-11(12-7-18-8-27-12)6-13(21-16)23-4-2-10(24)3-5-23/h6-8,10,24H,2-5H2,1H3,(H,25,26)(H,19,20,21,22). The lowest BCUT2D eigenvalue weighted by Crippen LogP contribution is -2.36. The number of aromatic nitrogens is 4. The number of nitrogens with one attached hydrogen (secondary N) is 1. The summed E-state index contributed by atoms with van der Waals surface area (Å²) in [7, 11) is 0. The zero-order valence-electron chi connectivity index (χ0n) is 15.0. The molecule has 0 radical (unpaired) electrons. The molecule has 4 rings (SSSR count). The summed E-state index contributed by atoms with van der Waals surface area (Å²) in [5.41, 5.74) is 0.972. The normalized spacial score (nSPS) is 15.0. The van der Waals surface area contributed by atoms with Crippen molar-refractivity contribution in [2.24, 2.45) is 0 Å². The highest BCUT2D eigenvalue weighted by Crippen LogP contribution is 2.29. The van der Waals surface area contributed by atoms with Crippen molar-refractivity contribution in [3.63, 3.8) is 0 Å². The van der Waals surface area contributed by atoms with Crippen LogP contribution in [-0.2, 0) is 0 Å². The first-order chi connectivity index (χ1) is 13.5. The predicted molar refractivity (Wildman–Crippen MR) is 102 cm³/mol. The van der Waals surface area contributed by atoms with Gasteiger partial charge in [-0.1, -0.05) is 11.3 Å². The molecule has 28 heavy (non-hydrogen) atoms. The van der Waals surface area contributed by atoms with Crippen molar-refractivity contribution < 1.29 is 19.4 Å². The van der Waals surface area contributed by atoms with Crippen LogP contribution in [0.3, 0.4) is 0 Å². The van der Waals surface area contributed by atoms with Crippen LogP contribution in [0.1, 0.15) is 28.2 Å². The first-order valence-corrected chi connectivity index (χ1v) is 9.50. The second kappa shape index (κ2) is 7.52. The number of piperidine rings is 1. The van der Waals surface area contributed by atoms with Crippen molar-refractivity contribution in [2.75, 3.05) is 23.3 Å². The summed E-state index contributed by atoms with van der Waals surface area (Å²) in [5, 5.41) is 22.4. The predicted octanol–water partition coefficient (Wildman–Crippen LogP) is 2.30. The summed E-state index contributed by atoms with van der Waals surface area (Å²) in [6, 6.07) is 1.80. The minimum atomic E-state index is -1.02. The molecule has 146 valence electrons. The van der Waals surface area contributed by atoms with Crippen LogP contribution in [-0.4, -0.2) is 55.3 Å². The molecule has 1 fully saturated rings. The maximum Gasteiger partial charge on any atom is 0.347 e. The third-order valence-electron chi connectivity index (χ3n) is 4.40. The number of carboxylic acids is 1. The van der Waals surface area contributed by atoms with Crippen molar-refractivity contribution in [1.29, 1.82) is 0 Å². The fourth-order valence-electron chi connectivity index (χ4n) is 2.96. The Morgan fingerprint density at radius 3 is 2.75 bits per heavy atom. The van der Waals surface area contributed by atoms with E-state index in [-0.39, 0.29) is 16.9 Å². The van der Waals surface area contributed by atoms with Crippen LogP contribution in [0.4, 0.5) is 16.9 Å². The zero-order chi connectivity index (χ0) is 19.7. The highest BCUT2D eigenvalue weighted by atomic mass is 32.1. The van der Waals surface area contributed by atoms with E-state index in [1.54, 1.807) is 19.2 Å². The first kappa shape index (κ1) is 18.3. The number of hydrogen-bond acceptors (Lipinski definition) is 10. The van der Waals surface area contributed by atoms with Gasteiger partial charge in [-0.25, -0.2) is 19.7 Å². The second-order valence-corrected chi connectivity index (χ2v) is 7.38. The van der Waals surface area contributed by atoms with Crippen molar-refractivity contribution >= 4 is 34.2 Å². The summed E-state index contributed by atoms with van der Waals surface area (Å²) in [6.07, 6.45) is 3.92. The average molecular weight is 402 g/mol. The Bertz CT molecular complexity index is 982. The van der Waals surface area contributed by atoms with Gasteiger partial charge in [-0.05, 0) is 19.8 Å². The van der Waals surface area contributed by atoms with Crippen LogP contribution in [0.5, 0.6) is 0 Å². The van der Waals surface area contributed by atoms with Crippen molar-refractivity contribution in [1.82, 2.24) is 19.9 Å². The maximum absolute atomic E-state index is 11.2. The Kier molecular flexibility index (Phi) is 4.92. The molecular weight excluding hydrogens is 384 g/mol. The monoisotopic (exact) mass is 402 g/mol. The van der Waals surface area contributed by atoms with Crippen LogP contribution in [0, 0.1) is 6.92 Å². The van der Waals surface area contributed by atoms with E-state index >= 15 is 0 Å². The van der Waals surface area contributed by atoms with E-state index in [9.17, 15) is 15.0 Å². The van der Waals surface area contributed by atoms with Gasteiger partial charge in [0.2, 0.25) is 5.95 Å². The first-order valence-electron chi connectivity index (χ1n) is 8.68. The lowest BCUT2D eigenvalue weighted by Gasteiger charge is -2.30. The minimum absolute atomic E-state index is 0.166. The fraction of sp³-hybridized carbons (Fsp3) is 0.353. The number of carbonyl (C=O) groups is 1. The number of thiazole rings is 1. The van der Waals surface area contributed by atoms with Gasteiger partial charge in [-0.2, -0.15) is 4.98 Å². The van der Waals surface area contributed by atoms with Gasteiger partial charge in [-0.15, -0.1) is 0 Å². The number of nitrogens with zero attached hydrogens (tertiary/aromatic N) is 5. The number of hydrogen-bond donors (Lipinski definition) is 3. The molecule has 3 aromatic rings. The molecular formula is C17H18N6O4S. The summed E-state index contributed by atoms with van der Waals surface area (Å²) in [6.45, 7) is 2.99. The fourth-order valence-corrected chi connectivity index (χ4v) is 3.76. The Balaban J connectivity index is 1.67. The molecule has 10 nitrogen and oxygen atoms in total. The third-order valence-corrected chi connectivity index (χ3v) is 5.46. The quantitative estimate of drug-likeness (QED) is 0.583. The molecule has 0 spiro atoms. The molecule has 0 saturated carbocycles. The molecule has 1 saturated heterocycles. The Labute approximate surface area is 163 Å². The van der Waals surface area contributed by atoms with Gasteiger partial charge in [0, 0.05) is 19.2 Å². The van der Waals surface area contributed by atoms with E-state index in [0.717, 1.165) is 11.3 Å². The molecule has 4 heterocycles. The largest absolute Gasteiger partial charge is 0.477 e. The van der Waals surface area contributed by atoms with Gasteiger partial charge in [0.25, 0.3) is 0 Å². The number of carboxylic acid groups (broad SMARTS) is 1. The lowest BCUT2D eigenvalue weighted by atomic mass is 10.1. The molecule has 0 atom stereocenters. The molecule has 3 N–H and O–H groups in total. The van der Waals surface area contributed by atoms with Gasteiger partial charge in [-0.3, -0.25) is 5.32 Å². The van der Waals surface area contributed by atoms with Crippen LogP contribution in [0.15, 0.2) is 23.1 Å². The van der Waals surface area contributed by atoms with Crippen molar-refractivity contribution in [3.8, 4) is 11.5 Å². The Hall–Kier alpha value is -3.05. The third kappa shape index (κ3) is 3.80. The zero-order valence-corrected chi connectivity index (χ0v) is 15.8. The molecule has 0 unspecified atom stereocenters. The van der Waals surface area contributed by atoms with E-state index in [1.165, 1.54) is 6.39 Å². The number of aliphatic hydroxyl groups is 1. The number of anilines is 3. The Morgan fingerprint density at radius 2 is 2.11 bits per heavy atom. The number of aromatic carboxylic acids is 1. The minimum Gasteiger partial charge on any atom is -0.477 e. The number of aryl methyl sites for hydroxylation is 1. The van der Waals surface area contributed by atoms with E-state index < -0.39 is 5.97 Å². The maximum atomic E-state index is 11.2. The Morgan fingerprint density at radius 1 is 1.32 bits per heavy atom. The molecule has 1 aliphatic rings. The van der Waals surface area contributed by atoms with Gasteiger partial charge in [0.1, 0.15) is 16.4 Å². The number of oxazole rings is 1. The highest BCUT2D eigenvalue weighted by Gasteiger charge is 2.21. The van der Waals surface area contributed by atoms with Crippen molar-refractivity contribution in [3.05, 3.63) is 29.2 Å². The molecule has 1 aliphatic heterocycles. The van der Waals surface area contributed by atoms with Gasteiger partial charge >= 0.3 is 5.97 Å². The molecule has 0 bridgehead atoms. The van der Waals surface area contributed by atoms with Gasteiger partial charge in [0.15, 0.2) is 17.3 Å². The molecule has 3 aromatic heterocycles. The summed E-state index contributed by atoms with van der Waals surface area (Å²) in [4.78, 5) is 30.6. The van der Waals surface area contributed by atoms with E-state index in [1.807, 2.05) is 0 Å². The van der Waals surface area contributed by atoms with Crippen LogP contribution >= 0.6 is 11.3 Å². The summed E-state index contributed by atoms with van der Waals surface area (Å²) >= 11 is 1.02. The number of rotatable bonds is 5. The van der Waals surface area contributed by atoms with Crippen molar-refractivity contribution in [2.45, 2.75) is 25.9 Å². The molecule has 0 aromatic carbocycles.